The Morgan fingerprint density at radius 3 is 2.19 bits per heavy atom. The largest absolute Gasteiger partial charge is 0.463 e. The lowest BCUT2D eigenvalue weighted by molar-refractivity contribution is -0.153. The predicted molar refractivity (Wildman–Crippen MR) is 88.7 cm³/mol. The summed E-state index contributed by atoms with van der Waals surface area (Å²) in [6.45, 7) is 0.104. The molecule has 0 heterocycles. The smallest absolute Gasteiger partial charge is 0.374 e. The van der Waals surface area contributed by atoms with Crippen LogP contribution in [0.3, 0.4) is 0 Å². The number of ether oxygens (including phenoxy) is 1. The lowest BCUT2D eigenvalue weighted by atomic mass is 10.1. The molecule has 2 aromatic carbocycles. The van der Waals surface area contributed by atoms with E-state index in [9.17, 15) is 23.2 Å². The summed E-state index contributed by atoms with van der Waals surface area (Å²) in [6.07, 6.45) is -0.664. The van der Waals surface area contributed by atoms with Gasteiger partial charge in [0.15, 0.2) is 0 Å². The van der Waals surface area contributed by atoms with Gasteiger partial charge in [-0.15, -0.1) is 0 Å². The van der Waals surface area contributed by atoms with Crippen LogP contribution in [-0.2, 0) is 32.2 Å². The molecule has 0 radical (unpaired) electrons. The number of rotatable bonds is 7. The molecule has 2 aromatic rings. The van der Waals surface area contributed by atoms with E-state index in [-0.39, 0.29) is 13.1 Å². The molecule has 0 atom stereocenters. The molecule has 0 aliphatic heterocycles. The quantitative estimate of drug-likeness (QED) is 0.432. The number of carbonyl (C=O) groups excluding carboxylic acids is 3. The Hall–Kier alpha value is -3.09. The average Bonchev–Trinajstić information content (AvgIpc) is 2.62. The van der Waals surface area contributed by atoms with Gasteiger partial charge in [0.25, 0.3) is 0 Å². The summed E-state index contributed by atoms with van der Waals surface area (Å²) in [6, 6.07) is 11.2. The van der Waals surface area contributed by atoms with Gasteiger partial charge in [0.1, 0.15) is 11.6 Å². The van der Waals surface area contributed by atoms with E-state index in [2.05, 4.69) is 4.74 Å². The van der Waals surface area contributed by atoms with Gasteiger partial charge < -0.3 is 9.64 Å². The van der Waals surface area contributed by atoms with Crippen LogP contribution in [0.1, 0.15) is 17.5 Å². The molecule has 7 heteroatoms. The molecule has 0 bridgehead atoms. The first kappa shape index (κ1) is 19.2. The standard InChI is InChI=1S/C19H17F2NO4/c1-26-19(25)17(23)10-18(24)22(11-13-5-7-15(20)8-6-13)12-14-3-2-4-16(21)9-14/h2-9H,10-12H2,1H3. The first-order valence-corrected chi connectivity index (χ1v) is 7.77. The number of methoxy groups -OCH3 is 1. The zero-order valence-corrected chi connectivity index (χ0v) is 14.1. The van der Waals surface area contributed by atoms with Crippen LogP contribution >= 0.6 is 0 Å². The molecule has 0 aliphatic rings. The lowest BCUT2D eigenvalue weighted by Crippen LogP contribution is -2.33. The Labute approximate surface area is 149 Å². The van der Waals surface area contributed by atoms with Crippen molar-refractivity contribution in [2.75, 3.05) is 7.11 Å². The number of benzene rings is 2. The highest BCUT2D eigenvalue weighted by Gasteiger charge is 2.23. The molecule has 0 N–H and O–H groups in total. The van der Waals surface area contributed by atoms with Crippen molar-refractivity contribution in [2.45, 2.75) is 19.5 Å². The second kappa shape index (κ2) is 8.84. The molecule has 1 amide bonds. The van der Waals surface area contributed by atoms with Gasteiger partial charge in [-0.2, -0.15) is 0 Å². The van der Waals surface area contributed by atoms with Crippen molar-refractivity contribution in [3.63, 3.8) is 0 Å². The molecule has 0 fully saturated rings. The highest BCUT2D eigenvalue weighted by molar-refractivity contribution is 6.36. The minimum Gasteiger partial charge on any atom is -0.463 e. The normalized spacial score (nSPS) is 10.3. The third-order valence-electron chi connectivity index (χ3n) is 3.63. The predicted octanol–water partition coefficient (Wildman–Crippen LogP) is 2.63. The zero-order chi connectivity index (χ0) is 19.1. The molecule has 26 heavy (non-hydrogen) atoms. The van der Waals surface area contributed by atoms with Gasteiger partial charge in [-0.25, -0.2) is 13.6 Å². The van der Waals surface area contributed by atoms with Crippen LogP contribution in [0.2, 0.25) is 0 Å². The van der Waals surface area contributed by atoms with Crippen LogP contribution < -0.4 is 0 Å². The van der Waals surface area contributed by atoms with E-state index >= 15 is 0 Å². The van der Waals surface area contributed by atoms with Gasteiger partial charge in [-0.3, -0.25) is 9.59 Å². The summed E-state index contributed by atoms with van der Waals surface area (Å²) >= 11 is 0. The van der Waals surface area contributed by atoms with Crippen molar-refractivity contribution >= 4 is 17.7 Å². The molecule has 2 rings (SSSR count). The Kier molecular flexibility index (Phi) is 6.54. The number of esters is 1. The van der Waals surface area contributed by atoms with E-state index in [0.717, 1.165) is 7.11 Å². The van der Waals surface area contributed by atoms with Gasteiger partial charge >= 0.3 is 5.97 Å². The summed E-state index contributed by atoms with van der Waals surface area (Å²) < 4.78 is 30.8. The number of nitrogens with zero attached hydrogens (tertiary/aromatic N) is 1. The zero-order valence-electron chi connectivity index (χ0n) is 14.1. The number of carbonyl (C=O) groups is 3. The van der Waals surface area contributed by atoms with E-state index in [1.54, 1.807) is 6.07 Å². The molecule has 0 saturated heterocycles. The fraction of sp³-hybridized carbons (Fsp3) is 0.211. The highest BCUT2D eigenvalue weighted by Crippen LogP contribution is 2.14. The van der Waals surface area contributed by atoms with Gasteiger partial charge in [-0.1, -0.05) is 24.3 Å². The maximum atomic E-state index is 13.4. The maximum Gasteiger partial charge on any atom is 0.374 e. The molecule has 5 nitrogen and oxygen atoms in total. The van der Waals surface area contributed by atoms with Gasteiger partial charge in [0.2, 0.25) is 11.7 Å². The number of hydrogen-bond donors (Lipinski definition) is 0. The molecule has 0 aromatic heterocycles. The highest BCUT2D eigenvalue weighted by atomic mass is 19.1. The van der Waals surface area contributed by atoms with Crippen LogP contribution in [-0.4, -0.2) is 29.7 Å². The Morgan fingerprint density at radius 1 is 0.923 bits per heavy atom. The monoisotopic (exact) mass is 361 g/mol. The Bertz CT molecular complexity index is 805. The number of halogens is 2. The van der Waals surface area contributed by atoms with Gasteiger partial charge in [-0.05, 0) is 35.4 Å². The first-order valence-electron chi connectivity index (χ1n) is 7.77. The van der Waals surface area contributed by atoms with E-state index < -0.39 is 35.7 Å². The van der Waals surface area contributed by atoms with E-state index in [1.807, 2.05) is 0 Å². The van der Waals surface area contributed by atoms with E-state index in [1.165, 1.54) is 47.4 Å². The molecule has 0 aliphatic carbocycles. The van der Waals surface area contributed by atoms with Crippen molar-refractivity contribution in [1.82, 2.24) is 4.90 Å². The minimum atomic E-state index is -1.11. The third kappa shape index (κ3) is 5.47. The Balaban J connectivity index is 2.19. The van der Waals surface area contributed by atoms with Crippen molar-refractivity contribution in [3.05, 3.63) is 71.3 Å². The summed E-state index contributed by atoms with van der Waals surface area (Å²) in [5.74, 6) is -3.57. The first-order chi connectivity index (χ1) is 12.4. The van der Waals surface area contributed by atoms with Crippen LogP contribution in [0, 0.1) is 11.6 Å². The molecular formula is C19H17F2NO4. The van der Waals surface area contributed by atoms with Crippen LogP contribution in [0.5, 0.6) is 0 Å². The van der Waals surface area contributed by atoms with E-state index in [4.69, 9.17) is 0 Å². The van der Waals surface area contributed by atoms with Gasteiger partial charge in [0, 0.05) is 13.1 Å². The molecule has 136 valence electrons. The lowest BCUT2D eigenvalue weighted by Gasteiger charge is -2.23. The topological polar surface area (TPSA) is 63.7 Å². The molecule has 0 unspecified atom stereocenters. The summed E-state index contributed by atoms with van der Waals surface area (Å²) in [4.78, 5) is 36.7. The van der Waals surface area contributed by atoms with Crippen molar-refractivity contribution in [2.24, 2.45) is 0 Å². The number of ketones is 1. The summed E-state index contributed by atoms with van der Waals surface area (Å²) in [5.41, 5.74) is 1.15. The van der Waals surface area contributed by atoms with E-state index in [0.29, 0.717) is 11.1 Å². The van der Waals surface area contributed by atoms with Crippen LogP contribution in [0.15, 0.2) is 48.5 Å². The van der Waals surface area contributed by atoms with Crippen LogP contribution in [0.25, 0.3) is 0 Å². The fourth-order valence-corrected chi connectivity index (χ4v) is 2.33. The third-order valence-corrected chi connectivity index (χ3v) is 3.63. The molecular weight excluding hydrogens is 344 g/mol. The molecule has 0 saturated carbocycles. The van der Waals surface area contributed by atoms with Crippen molar-refractivity contribution in [1.29, 1.82) is 0 Å². The molecule has 0 spiro atoms. The number of hydrogen-bond acceptors (Lipinski definition) is 4. The van der Waals surface area contributed by atoms with Crippen molar-refractivity contribution < 1.29 is 27.9 Å². The maximum absolute atomic E-state index is 13.4. The second-order valence-electron chi connectivity index (χ2n) is 5.60. The van der Waals surface area contributed by atoms with Gasteiger partial charge in [0.05, 0.1) is 13.5 Å². The summed E-state index contributed by atoms with van der Waals surface area (Å²) in [5, 5.41) is 0. The number of Topliss-reactive ketones (excluding diaryl/α,β-unsaturated/α-hetero) is 1. The Morgan fingerprint density at radius 2 is 1.58 bits per heavy atom. The SMILES string of the molecule is COC(=O)C(=O)CC(=O)N(Cc1ccc(F)cc1)Cc1cccc(F)c1. The second-order valence-corrected chi connectivity index (χ2v) is 5.60. The van der Waals surface area contributed by atoms with Crippen molar-refractivity contribution in [3.8, 4) is 0 Å². The minimum absolute atomic E-state index is 0.0302. The average molecular weight is 361 g/mol. The fourth-order valence-electron chi connectivity index (χ4n) is 2.33. The summed E-state index contributed by atoms with van der Waals surface area (Å²) in [7, 11) is 1.05. The number of amides is 1. The van der Waals surface area contributed by atoms with Crippen LogP contribution in [0.4, 0.5) is 8.78 Å².